The highest BCUT2D eigenvalue weighted by molar-refractivity contribution is 9.09. The van der Waals surface area contributed by atoms with E-state index < -0.39 is 18.3 Å². The molecule has 0 radical (unpaired) electrons. The van der Waals surface area contributed by atoms with Crippen LogP contribution in [0.2, 0.25) is 0 Å². The molecule has 0 fully saturated rings. The first kappa shape index (κ1) is 8.81. The maximum Gasteiger partial charge on any atom is 0.374 e. The molecule has 0 aromatic rings. The van der Waals surface area contributed by atoms with Gasteiger partial charge >= 0.3 is 11.9 Å². The summed E-state index contributed by atoms with van der Waals surface area (Å²) in [5, 5.41) is 7.79. The maximum atomic E-state index is 11.9. The highest BCUT2D eigenvalue weighted by atomic mass is 79.9. The van der Waals surface area contributed by atoms with Gasteiger partial charge in [-0.1, -0.05) is 15.9 Å². The van der Waals surface area contributed by atoms with Crippen LogP contribution in [0.1, 0.15) is 6.42 Å². The molecule has 0 amide bonds. The van der Waals surface area contributed by atoms with Crippen molar-refractivity contribution in [3.8, 4) is 0 Å². The van der Waals surface area contributed by atoms with Crippen molar-refractivity contribution in [3.63, 3.8) is 0 Å². The van der Waals surface area contributed by atoms with E-state index in [1.54, 1.807) is 0 Å². The third kappa shape index (κ3) is 2.74. The molecule has 0 aliphatic carbocycles. The summed E-state index contributed by atoms with van der Waals surface area (Å²) < 4.78 is 23.8. The lowest BCUT2D eigenvalue weighted by Crippen LogP contribution is -2.28. The minimum Gasteiger partial charge on any atom is -0.477 e. The quantitative estimate of drug-likeness (QED) is 0.705. The van der Waals surface area contributed by atoms with Gasteiger partial charge in [0.1, 0.15) is 0 Å². The minimum absolute atomic E-state index is 0.00764. The number of halogens is 3. The van der Waals surface area contributed by atoms with Gasteiger partial charge in [0.15, 0.2) is 0 Å². The smallest absolute Gasteiger partial charge is 0.374 e. The molecule has 2 nitrogen and oxygen atoms in total. The van der Waals surface area contributed by atoms with Gasteiger partial charge in [-0.3, -0.25) is 0 Å². The predicted molar refractivity (Wildman–Crippen MR) is 31.0 cm³/mol. The van der Waals surface area contributed by atoms with Gasteiger partial charge in [-0.15, -0.1) is 0 Å². The van der Waals surface area contributed by atoms with E-state index in [1.165, 1.54) is 0 Å². The molecule has 0 saturated heterocycles. The van der Waals surface area contributed by atoms with Crippen molar-refractivity contribution in [2.45, 2.75) is 12.3 Å². The number of aliphatic carboxylic acids is 1. The summed E-state index contributed by atoms with van der Waals surface area (Å²) in [7, 11) is 0. The Morgan fingerprint density at radius 1 is 1.67 bits per heavy atom. The van der Waals surface area contributed by atoms with Gasteiger partial charge in [-0.05, 0) is 0 Å². The number of carbonyl (C=O) groups is 1. The standard InChI is InChI=1S/C4H5BrF2O2/c5-2-1-4(6,7)3(8)9/h1-2H2,(H,8,9). The van der Waals surface area contributed by atoms with Crippen LogP contribution in [0.5, 0.6) is 0 Å². The molecule has 0 aliphatic heterocycles. The number of rotatable bonds is 3. The van der Waals surface area contributed by atoms with Crippen LogP contribution in [-0.4, -0.2) is 22.3 Å². The van der Waals surface area contributed by atoms with Crippen molar-refractivity contribution >= 4 is 21.9 Å². The molecule has 0 unspecified atom stereocenters. The normalized spacial score (nSPS) is 11.4. The van der Waals surface area contributed by atoms with Crippen molar-refractivity contribution in [2.75, 3.05) is 5.33 Å². The number of hydrogen-bond donors (Lipinski definition) is 1. The summed E-state index contributed by atoms with van der Waals surface area (Å²) >= 11 is 2.71. The molecule has 0 saturated carbocycles. The SMILES string of the molecule is O=C(O)C(F)(F)CCBr. The van der Waals surface area contributed by atoms with E-state index in [4.69, 9.17) is 5.11 Å². The molecule has 0 aromatic heterocycles. The number of carboxylic acids is 1. The van der Waals surface area contributed by atoms with E-state index in [9.17, 15) is 13.6 Å². The van der Waals surface area contributed by atoms with E-state index in [0.717, 1.165) is 0 Å². The Bertz CT molecular complexity index is 115. The highest BCUT2D eigenvalue weighted by Crippen LogP contribution is 2.18. The molecule has 0 aromatic carbocycles. The van der Waals surface area contributed by atoms with E-state index >= 15 is 0 Å². The Morgan fingerprint density at radius 2 is 2.11 bits per heavy atom. The van der Waals surface area contributed by atoms with Crippen LogP contribution in [-0.2, 0) is 4.79 Å². The molecule has 5 heteroatoms. The molecule has 0 bridgehead atoms. The van der Waals surface area contributed by atoms with Crippen molar-refractivity contribution in [1.82, 2.24) is 0 Å². The largest absolute Gasteiger partial charge is 0.477 e. The Morgan fingerprint density at radius 3 is 2.22 bits per heavy atom. The molecule has 54 valence electrons. The zero-order valence-corrected chi connectivity index (χ0v) is 5.99. The molecule has 1 N–H and O–H groups in total. The van der Waals surface area contributed by atoms with Crippen LogP contribution in [0.15, 0.2) is 0 Å². The van der Waals surface area contributed by atoms with E-state index in [2.05, 4.69) is 15.9 Å². The molecule has 0 spiro atoms. The fourth-order valence-corrected chi connectivity index (χ4v) is 0.724. The molecule has 9 heavy (non-hydrogen) atoms. The Hall–Kier alpha value is -0.190. The predicted octanol–water partition coefficient (Wildman–Crippen LogP) is 1.49. The zero-order chi connectivity index (χ0) is 7.49. The van der Waals surface area contributed by atoms with Gasteiger partial charge in [0.05, 0.1) is 0 Å². The van der Waals surface area contributed by atoms with Crippen molar-refractivity contribution in [1.29, 1.82) is 0 Å². The van der Waals surface area contributed by atoms with Gasteiger partial charge in [-0.25, -0.2) is 4.79 Å². The molecule has 0 heterocycles. The maximum absolute atomic E-state index is 11.9. The molecular formula is C4H5BrF2O2. The fourth-order valence-electron chi connectivity index (χ4n) is 0.226. The average molecular weight is 203 g/mol. The summed E-state index contributed by atoms with van der Waals surface area (Å²) in [6, 6.07) is 0. The summed E-state index contributed by atoms with van der Waals surface area (Å²) in [5.41, 5.74) is 0. The summed E-state index contributed by atoms with van der Waals surface area (Å²) in [6.45, 7) is 0. The molecule has 0 rings (SSSR count). The second-order valence-corrected chi connectivity index (χ2v) is 2.24. The van der Waals surface area contributed by atoms with E-state index in [1.807, 2.05) is 0 Å². The van der Waals surface area contributed by atoms with Crippen LogP contribution in [0.3, 0.4) is 0 Å². The van der Waals surface area contributed by atoms with Crippen molar-refractivity contribution < 1.29 is 18.7 Å². The summed E-state index contributed by atoms with van der Waals surface area (Å²) in [5.74, 6) is -5.65. The first-order valence-corrected chi connectivity index (χ1v) is 3.30. The molecule has 0 aliphatic rings. The fraction of sp³-hybridized carbons (Fsp3) is 0.750. The number of alkyl halides is 3. The third-order valence-corrected chi connectivity index (χ3v) is 1.12. The molecule has 0 atom stereocenters. The highest BCUT2D eigenvalue weighted by Gasteiger charge is 2.37. The summed E-state index contributed by atoms with van der Waals surface area (Å²) in [6.07, 6.45) is -0.664. The van der Waals surface area contributed by atoms with E-state index in [-0.39, 0.29) is 5.33 Å². The van der Waals surface area contributed by atoms with Crippen molar-refractivity contribution in [3.05, 3.63) is 0 Å². The van der Waals surface area contributed by atoms with Gasteiger partial charge < -0.3 is 5.11 Å². The first-order valence-electron chi connectivity index (χ1n) is 2.18. The van der Waals surface area contributed by atoms with Crippen LogP contribution in [0, 0.1) is 0 Å². The lowest BCUT2D eigenvalue weighted by atomic mass is 10.3. The van der Waals surface area contributed by atoms with Crippen molar-refractivity contribution in [2.24, 2.45) is 0 Å². The minimum atomic E-state index is -3.58. The molecular weight excluding hydrogens is 198 g/mol. The van der Waals surface area contributed by atoms with Gasteiger partial charge in [0, 0.05) is 11.8 Å². The second kappa shape index (κ2) is 3.10. The zero-order valence-electron chi connectivity index (χ0n) is 4.40. The number of carboxylic acid groups (broad SMARTS) is 1. The Kier molecular flexibility index (Phi) is 3.03. The average Bonchev–Trinajstić information content (AvgIpc) is 1.65. The van der Waals surface area contributed by atoms with Gasteiger partial charge in [0.25, 0.3) is 0 Å². The van der Waals surface area contributed by atoms with Crippen LogP contribution >= 0.6 is 15.9 Å². The van der Waals surface area contributed by atoms with Crippen LogP contribution in [0.25, 0.3) is 0 Å². The van der Waals surface area contributed by atoms with Crippen LogP contribution in [0.4, 0.5) is 8.78 Å². The third-order valence-electron chi connectivity index (χ3n) is 0.721. The van der Waals surface area contributed by atoms with E-state index in [0.29, 0.717) is 0 Å². The first-order chi connectivity index (χ1) is 4.00. The second-order valence-electron chi connectivity index (χ2n) is 1.45. The monoisotopic (exact) mass is 202 g/mol. The lowest BCUT2D eigenvalue weighted by Gasteiger charge is -2.06. The number of hydrogen-bond acceptors (Lipinski definition) is 1. The van der Waals surface area contributed by atoms with Gasteiger partial charge in [-0.2, -0.15) is 8.78 Å². The van der Waals surface area contributed by atoms with Crippen LogP contribution < -0.4 is 0 Å². The Balaban J connectivity index is 3.85. The summed E-state index contributed by atoms with van der Waals surface area (Å²) in [4.78, 5) is 9.64. The lowest BCUT2D eigenvalue weighted by molar-refractivity contribution is -0.164. The Labute approximate surface area is 59.0 Å². The topological polar surface area (TPSA) is 37.3 Å². The van der Waals surface area contributed by atoms with Gasteiger partial charge in [0.2, 0.25) is 0 Å².